The molecule has 0 N–H and O–H groups in total. The lowest BCUT2D eigenvalue weighted by Crippen LogP contribution is -2.45. The molecule has 1 aromatic heterocycles. The molecule has 29 heavy (non-hydrogen) atoms. The van der Waals surface area contributed by atoms with Crippen LogP contribution in [0.1, 0.15) is 22.4 Å². The molecule has 4 rings (SSSR count). The van der Waals surface area contributed by atoms with Crippen LogP contribution < -0.4 is 4.74 Å². The second kappa shape index (κ2) is 9.20. The Morgan fingerprint density at radius 3 is 2.03 bits per heavy atom. The highest BCUT2D eigenvalue weighted by Crippen LogP contribution is 2.13. The van der Waals surface area contributed by atoms with Gasteiger partial charge in [0.1, 0.15) is 5.75 Å². The smallest absolute Gasteiger partial charge is 0.118 e. The van der Waals surface area contributed by atoms with E-state index < -0.39 is 0 Å². The zero-order valence-electron chi connectivity index (χ0n) is 17.3. The molecule has 1 aliphatic heterocycles. The Morgan fingerprint density at radius 1 is 0.793 bits per heavy atom. The third-order valence-electron chi connectivity index (χ3n) is 5.47. The average molecular weight is 392 g/mol. The molecule has 6 heteroatoms. The molecule has 0 spiro atoms. The summed E-state index contributed by atoms with van der Waals surface area (Å²) in [4.78, 5) is 5.00. The van der Waals surface area contributed by atoms with Gasteiger partial charge >= 0.3 is 0 Å². The Morgan fingerprint density at radius 2 is 1.38 bits per heavy atom. The van der Waals surface area contributed by atoms with Crippen LogP contribution in [0.2, 0.25) is 0 Å². The topological polar surface area (TPSA) is 46.4 Å². The second-order valence-electron chi connectivity index (χ2n) is 7.79. The number of rotatable bonds is 7. The molecule has 1 fully saturated rings. The van der Waals surface area contributed by atoms with Gasteiger partial charge in [0.2, 0.25) is 0 Å². The number of aromatic nitrogens is 3. The van der Waals surface area contributed by atoms with Gasteiger partial charge in [-0.2, -0.15) is 0 Å². The van der Waals surface area contributed by atoms with Crippen molar-refractivity contribution in [3.63, 3.8) is 0 Å². The largest absolute Gasteiger partial charge is 0.497 e. The van der Waals surface area contributed by atoms with E-state index in [4.69, 9.17) is 4.74 Å². The fourth-order valence-electron chi connectivity index (χ4n) is 3.69. The van der Waals surface area contributed by atoms with E-state index in [9.17, 15) is 0 Å². The number of hydrogen-bond donors (Lipinski definition) is 0. The summed E-state index contributed by atoms with van der Waals surface area (Å²) in [5.41, 5.74) is 4.93. The van der Waals surface area contributed by atoms with Gasteiger partial charge in [-0.25, -0.2) is 4.68 Å². The van der Waals surface area contributed by atoms with E-state index in [-0.39, 0.29) is 0 Å². The van der Waals surface area contributed by atoms with E-state index >= 15 is 0 Å². The molecule has 0 aliphatic carbocycles. The van der Waals surface area contributed by atoms with E-state index in [2.05, 4.69) is 69.6 Å². The molecule has 3 aromatic rings. The van der Waals surface area contributed by atoms with Crippen LogP contribution in [-0.2, 0) is 19.6 Å². The third kappa shape index (κ3) is 5.43. The van der Waals surface area contributed by atoms with Crippen molar-refractivity contribution in [2.75, 3.05) is 33.3 Å². The van der Waals surface area contributed by atoms with Crippen LogP contribution in [0.15, 0.2) is 54.7 Å². The van der Waals surface area contributed by atoms with Gasteiger partial charge in [0.15, 0.2) is 0 Å². The summed E-state index contributed by atoms with van der Waals surface area (Å²) in [5.74, 6) is 0.870. The minimum Gasteiger partial charge on any atom is -0.497 e. The van der Waals surface area contributed by atoms with Gasteiger partial charge in [-0.15, -0.1) is 5.10 Å². The highest BCUT2D eigenvalue weighted by molar-refractivity contribution is 5.27. The summed E-state index contributed by atoms with van der Waals surface area (Å²) in [6, 6.07) is 16.9. The van der Waals surface area contributed by atoms with Crippen LogP contribution in [0.3, 0.4) is 0 Å². The van der Waals surface area contributed by atoms with Gasteiger partial charge < -0.3 is 4.74 Å². The molecule has 0 saturated carbocycles. The van der Waals surface area contributed by atoms with E-state index in [0.717, 1.165) is 57.3 Å². The van der Waals surface area contributed by atoms with Crippen molar-refractivity contribution in [1.29, 1.82) is 0 Å². The van der Waals surface area contributed by atoms with E-state index in [1.54, 1.807) is 7.11 Å². The van der Waals surface area contributed by atoms with Crippen molar-refractivity contribution in [3.8, 4) is 5.75 Å². The molecular formula is C23H29N5O. The summed E-state index contributed by atoms with van der Waals surface area (Å²) in [5, 5.41) is 8.66. The average Bonchev–Trinajstić information content (AvgIpc) is 3.18. The molecule has 0 bridgehead atoms. The van der Waals surface area contributed by atoms with Crippen LogP contribution in [0, 0.1) is 6.92 Å². The van der Waals surface area contributed by atoms with Gasteiger partial charge in [0.25, 0.3) is 0 Å². The first-order valence-corrected chi connectivity index (χ1v) is 10.2. The number of piperazine rings is 1. The number of hydrogen-bond acceptors (Lipinski definition) is 5. The first-order valence-electron chi connectivity index (χ1n) is 10.2. The Kier molecular flexibility index (Phi) is 6.22. The van der Waals surface area contributed by atoms with Gasteiger partial charge in [0.05, 0.1) is 25.5 Å². The van der Waals surface area contributed by atoms with Crippen molar-refractivity contribution >= 4 is 0 Å². The quantitative estimate of drug-likeness (QED) is 0.620. The molecular weight excluding hydrogens is 362 g/mol. The molecule has 1 aliphatic rings. The monoisotopic (exact) mass is 391 g/mol. The van der Waals surface area contributed by atoms with E-state index in [1.165, 1.54) is 16.7 Å². The Labute approximate surface area is 172 Å². The van der Waals surface area contributed by atoms with Crippen molar-refractivity contribution in [3.05, 3.63) is 77.1 Å². The fourth-order valence-corrected chi connectivity index (χ4v) is 3.69. The normalized spacial score (nSPS) is 15.5. The molecule has 6 nitrogen and oxygen atoms in total. The molecule has 0 radical (unpaired) electrons. The number of nitrogens with zero attached hydrogens (tertiary/aromatic N) is 5. The van der Waals surface area contributed by atoms with Crippen molar-refractivity contribution in [1.82, 2.24) is 24.8 Å². The third-order valence-corrected chi connectivity index (χ3v) is 5.47. The lowest BCUT2D eigenvalue weighted by Gasteiger charge is -2.34. The van der Waals surface area contributed by atoms with Crippen LogP contribution >= 0.6 is 0 Å². The second-order valence-corrected chi connectivity index (χ2v) is 7.79. The summed E-state index contributed by atoms with van der Waals surface area (Å²) in [6.07, 6.45) is 2.06. The fraction of sp³-hybridized carbons (Fsp3) is 0.391. The minimum atomic E-state index is 0.724. The molecule has 0 amide bonds. The maximum Gasteiger partial charge on any atom is 0.118 e. The predicted molar refractivity (Wildman–Crippen MR) is 114 cm³/mol. The lowest BCUT2D eigenvalue weighted by atomic mass is 10.1. The Balaban J connectivity index is 1.24. The van der Waals surface area contributed by atoms with Crippen molar-refractivity contribution < 1.29 is 4.74 Å². The Hall–Kier alpha value is -2.70. The summed E-state index contributed by atoms with van der Waals surface area (Å²) in [6.45, 7) is 9.07. The SMILES string of the molecule is COc1ccc(Cn2cc(CN3CCN(Cc4ccc(C)cc4)CC3)nn2)cc1. The van der Waals surface area contributed by atoms with Crippen molar-refractivity contribution in [2.24, 2.45) is 0 Å². The van der Waals surface area contributed by atoms with Crippen LogP contribution in [0.25, 0.3) is 0 Å². The first kappa shape index (κ1) is 19.6. The summed E-state index contributed by atoms with van der Waals surface area (Å²) < 4.78 is 7.12. The highest BCUT2D eigenvalue weighted by Gasteiger charge is 2.18. The molecule has 2 heterocycles. The summed E-state index contributed by atoms with van der Waals surface area (Å²) >= 11 is 0. The van der Waals surface area contributed by atoms with E-state index in [0.29, 0.717) is 0 Å². The molecule has 1 saturated heterocycles. The standard InChI is InChI=1S/C23H29N5O/c1-19-3-5-20(6-4-19)15-26-11-13-27(14-12-26)17-22-18-28(25-24-22)16-21-7-9-23(29-2)10-8-21/h3-10,18H,11-17H2,1-2H3. The number of ether oxygens (including phenoxy) is 1. The molecule has 2 aromatic carbocycles. The van der Waals surface area contributed by atoms with Crippen LogP contribution in [0.4, 0.5) is 0 Å². The molecule has 0 atom stereocenters. The number of methoxy groups -OCH3 is 1. The first-order chi connectivity index (χ1) is 14.2. The van der Waals surface area contributed by atoms with Gasteiger partial charge in [-0.05, 0) is 30.2 Å². The maximum absolute atomic E-state index is 5.21. The molecule has 152 valence electrons. The van der Waals surface area contributed by atoms with Crippen molar-refractivity contribution in [2.45, 2.75) is 26.6 Å². The highest BCUT2D eigenvalue weighted by atomic mass is 16.5. The minimum absolute atomic E-state index is 0.724. The van der Waals surface area contributed by atoms with Crippen LogP contribution in [-0.4, -0.2) is 58.1 Å². The van der Waals surface area contributed by atoms with Gasteiger partial charge in [-0.1, -0.05) is 47.2 Å². The zero-order valence-corrected chi connectivity index (χ0v) is 17.3. The van der Waals surface area contributed by atoms with Gasteiger partial charge in [-0.3, -0.25) is 9.80 Å². The van der Waals surface area contributed by atoms with E-state index in [1.807, 2.05) is 16.8 Å². The zero-order chi connectivity index (χ0) is 20.1. The molecule has 0 unspecified atom stereocenters. The predicted octanol–water partition coefficient (Wildman–Crippen LogP) is 2.96. The van der Waals surface area contributed by atoms with Gasteiger partial charge in [0, 0.05) is 39.3 Å². The number of aryl methyl sites for hydroxylation is 1. The number of benzene rings is 2. The Bertz CT molecular complexity index is 896. The lowest BCUT2D eigenvalue weighted by molar-refractivity contribution is 0.121. The summed E-state index contributed by atoms with van der Waals surface area (Å²) in [7, 11) is 1.68. The maximum atomic E-state index is 5.21. The van der Waals surface area contributed by atoms with Crippen LogP contribution in [0.5, 0.6) is 5.75 Å².